The monoisotopic (exact) mass is 290 g/mol. The van der Waals surface area contributed by atoms with E-state index in [1.54, 1.807) is 19.3 Å². The van der Waals surface area contributed by atoms with Crippen LogP contribution in [0.15, 0.2) is 29.6 Å². The Kier molecular flexibility index (Phi) is 3.51. The first-order valence-electron chi connectivity index (χ1n) is 6.64. The zero-order valence-corrected chi connectivity index (χ0v) is 11.6. The van der Waals surface area contributed by atoms with Gasteiger partial charge < -0.3 is 9.80 Å². The SMILES string of the molecule is Cn1ncc(N2CCN(c3ncncc3F)CC2)cc1=O. The van der Waals surface area contributed by atoms with E-state index in [-0.39, 0.29) is 5.56 Å². The van der Waals surface area contributed by atoms with Gasteiger partial charge >= 0.3 is 0 Å². The summed E-state index contributed by atoms with van der Waals surface area (Å²) in [6.07, 6.45) is 4.18. The molecule has 1 saturated heterocycles. The van der Waals surface area contributed by atoms with Crippen molar-refractivity contribution < 1.29 is 4.39 Å². The second-order valence-corrected chi connectivity index (χ2v) is 4.84. The van der Waals surface area contributed by atoms with Crippen LogP contribution in [0, 0.1) is 5.82 Å². The third-order valence-corrected chi connectivity index (χ3v) is 3.55. The van der Waals surface area contributed by atoms with Gasteiger partial charge in [-0.05, 0) is 0 Å². The van der Waals surface area contributed by atoms with Gasteiger partial charge in [-0.1, -0.05) is 0 Å². The van der Waals surface area contributed by atoms with Crippen LogP contribution in [-0.4, -0.2) is 45.9 Å². The number of hydrogen-bond donors (Lipinski definition) is 0. The molecule has 2 aromatic rings. The minimum absolute atomic E-state index is 0.142. The average Bonchev–Trinajstić information content (AvgIpc) is 2.51. The van der Waals surface area contributed by atoms with Crippen LogP contribution < -0.4 is 15.4 Å². The van der Waals surface area contributed by atoms with Gasteiger partial charge in [-0.3, -0.25) is 4.79 Å². The topological polar surface area (TPSA) is 67.2 Å². The Hall–Kier alpha value is -2.51. The molecular weight excluding hydrogens is 275 g/mol. The number of nitrogens with zero attached hydrogens (tertiary/aromatic N) is 6. The van der Waals surface area contributed by atoms with E-state index in [4.69, 9.17) is 0 Å². The van der Waals surface area contributed by atoms with Crippen molar-refractivity contribution in [2.75, 3.05) is 36.0 Å². The Bertz CT molecular complexity index is 695. The molecule has 7 nitrogen and oxygen atoms in total. The van der Waals surface area contributed by atoms with Crippen LogP contribution in [0.1, 0.15) is 0 Å². The molecule has 0 amide bonds. The fourth-order valence-corrected chi connectivity index (χ4v) is 2.35. The van der Waals surface area contributed by atoms with E-state index >= 15 is 0 Å². The third kappa shape index (κ3) is 2.69. The lowest BCUT2D eigenvalue weighted by atomic mass is 10.3. The smallest absolute Gasteiger partial charge is 0.268 e. The predicted molar refractivity (Wildman–Crippen MR) is 75.9 cm³/mol. The van der Waals surface area contributed by atoms with E-state index < -0.39 is 5.82 Å². The van der Waals surface area contributed by atoms with Crippen LogP contribution in [0.2, 0.25) is 0 Å². The number of hydrogen-bond acceptors (Lipinski definition) is 6. The lowest BCUT2D eigenvalue weighted by molar-refractivity contribution is 0.581. The molecule has 0 atom stereocenters. The molecule has 110 valence electrons. The van der Waals surface area contributed by atoms with E-state index in [0.29, 0.717) is 32.0 Å². The number of halogens is 1. The van der Waals surface area contributed by atoms with Crippen molar-refractivity contribution in [2.45, 2.75) is 0 Å². The van der Waals surface area contributed by atoms with Gasteiger partial charge in [0.15, 0.2) is 11.6 Å². The summed E-state index contributed by atoms with van der Waals surface area (Å²) in [6.45, 7) is 2.61. The molecular formula is C13H15FN6O. The van der Waals surface area contributed by atoms with Gasteiger partial charge in [-0.15, -0.1) is 0 Å². The van der Waals surface area contributed by atoms with Crippen molar-refractivity contribution in [3.63, 3.8) is 0 Å². The van der Waals surface area contributed by atoms with Crippen LogP contribution in [-0.2, 0) is 7.05 Å². The lowest BCUT2D eigenvalue weighted by Gasteiger charge is -2.36. The van der Waals surface area contributed by atoms with Crippen LogP contribution in [0.25, 0.3) is 0 Å². The van der Waals surface area contributed by atoms with E-state index in [2.05, 4.69) is 20.0 Å². The second kappa shape index (κ2) is 5.47. The fraction of sp³-hybridized carbons (Fsp3) is 0.385. The summed E-state index contributed by atoms with van der Waals surface area (Å²) in [6, 6.07) is 1.56. The Morgan fingerprint density at radius 1 is 1.14 bits per heavy atom. The van der Waals surface area contributed by atoms with Gasteiger partial charge in [0.2, 0.25) is 0 Å². The van der Waals surface area contributed by atoms with Crippen LogP contribution >= 0.6 is 0 Å². The highest BCUT2D eigenvalue weighted by atomic mass is 19.1. The van der Waals surface area contributed by atoms with Crippen LogP contribution in [0.3, 0.4) is 0 Å². The lowest BCUT2D eigenvalue weighted by Crippen LogP contribution is -2.47. The summed E-state index contributed by atoms with van der Waals surface area (Å²) in [5.41, 5.74) is 0.651. The van der Waals surface area contributed by atoms with Crippen molar-refractivity contribution in [1.82, 2.24) is 19.7 Å². The molecule has 0 saturated carbocycles. The maximum Gasteiger partial charge on any atom is 0.268 e. The fourth-order valence-electron chi connectivity index (χ4n) is 2.35. The molecule has 0 unspecified atom stereocenters. The largest absolute Gasteiger partial charge is 0.367 e. The van der Waals surface area contributed by atoms with Gasteiger partial charge in [0, 0.05) is 39.3 Å². The molecule has 8 heteroatoms. The second-order valence-electron chi connectivity index (χ2n) is 4.84. The maximum atomic E-state index is 13.7. The standard InChI is InChI=1S/C13H15FN6O/c1-18-12(21)6-10(7-17-18)19-2-4-20(5-3-19)13-11(14)8-15-9-16-13/h6-9H,2-5H2,1H3. The van der Waals surface area contributed by atoms with Crippen molar-refractivity contribution in [3.8, 4) is 0 Å². The Balaban J connectivity index is 1.72. The van der Waals surface area contributed by atoms with Crippen LogP contribution in [0.5, 0.6) is 0 Å². The summed E-state index contributed by atoms with van der Waals surface area (Å²) in [4.78, 5) is 23.2. The van der Waals surface area contributed by atoms with Gasteiger partial charge in [0.25, 0.3) is 5.56 Å². The zero-order chi connectivity index (χ0) is 14.8. The molecule has 21 heavy (non-hydrogen) atoms. The normalized spacial score (nSPS) is 15.3. The third-order valence-electron chi connectivity index (χ3n) is 3.55. The van der Waals surface area contributed by atoms with Crippen LogP contribution in [0.4, 0.5) is 15.9 Å². The molecule has 0 N–H and O–H groups in total. The summed E-state index contributed by atoms with van der Waals surface area (Å²) in [5.74, 6) is -0.0899. The van der Waals surface area contributed by atoms with Gasteiger partial charge in [0.1, 0.15) is 6.33 Å². The van der Waals surface area contributed by atoms with Gasteiger partial charge in [0.05, 0.1) is 18.1 Å². The number of rotatable bonds is 2. The first-order valence-corrected chi connectivity index (χ1v) is 6.64. The molecule has 0 bridgehead atoms. The highest BCUT2D eigenvalue weighted by molar-refractivity contribution is 5.47. The number of piperazine rings is 1. The van der Waals surface area contributed by atoms with Crippen molar-refractivity contribution in [3.05, 3.63) is 41.0 Å². The first-order chi connectivity index (χ1) is 10.1. The summed E-state index contributed by atoms with van der Waals surface area (Å²) < 4.78 is 14.9. The van der Waals surface area contributed by atoms with Crippen molar-refractivity contribution >= 4 is 11.5 Å². The molecule has 1 fully saturated rings. The number of aromatic nitrogens is 4. The maximum absolute atomic E-state index is 13.7. The molecule has 3 rings (SSSR count). The molecule has 0 aromatic carbocycles. The summed E-state index contributed by atoms with van der Waals surface area (Å²) in [5, 5.41) is 4.01. The first kappa shape index (κ1) is 13.5. The predicted octanol–water partition coefficient (Wildman–Crippen LogP) is 0.0360. The Labute approximate surface area is 120 Å². The molecule has 2 aromatic heterocycles. The number of anilines is 2. The molecule has 1 aliphatic rings. The number of aryl methyl sites for hydroxylation is 1. The molecule has 3 heterocycles. The molecule has 0 aliphatic carbocycles. The van der Waals surface area contributed by atoms with E-state index in [9.17, 15) is 9.18 Å². The Morgan fingerprint density at radius 3 is 2.52 bits per heavy atom. The van der Waals surface area contributed by atoms with Gasteiger partial charge in [-0.25, -0.2) is 19.0 Å². The quantitative estimate of drug-likeness (QED) is 0.778. The summed E-state index contributed by atoms with van der Waals surface area (Å²) in [7, 11) is 1.61. The zero-order valence-electron chi connectivity index (χ0n) is 11.6. The molecule has 0 spiro atoms. The molecule has 0 radical (unpaired) electrons. The average molecular weight is 290 g/mol. The summed E-state index contributed by atoms with van der Waals surface area (Å²) >= 11 is 0. The van der Waals surface area contributed by atoms with E-state index in [1.807, 2.05) is 4.90 Å². The van der Waals surface area contributed by atoms with Crippen molar-refractivity contribution in [2.24, 2.45) is 7.05 Å². The Morgan fingerprint density at radius 2 is 1.86 bits per heavy atom. The minimum atomic E-state index is -0.416. The van der Waals surface area contributed by atoms with E-state index in [0.717, 1.165) is 5.69 Å². The minimum Gasteiger partial charge on any atom is -0.367 e. The van der Waals surface area contributed by atoms with Crippen molar-refractivity contribution in [1.29, 1.82) is 0 Å². The molecule has 1 aliphatic heterocycles. The van der Waals surface area contributed by atoms with E-state index in [1.165, 1.54) is 17.2 Å². The highest BCUT2D eigenvalue weighted by Gasteiger charge is 2.21. The highest BCUT2D eigenvalue weighted by Crippen LogP contribution is 2.19. The van der Waals surface area contributed by atoms with Gasteiger partial charge in [-0.2, -0.15) is 5.10 Å².